The van der Waals surface area contributed by atoms with Gasteiger partial charge in [0.2, 0.25) is 0 Å². The van der Waals surface area contributed by atoms with E-state index in [1.165, 1.54) is 31.2 Å². The summed E-state index contributed by atoms with van der Waals surface area (Å²) in [5.74, 6) is -1.76. The number of carbonyl (C=O) groups excluding carboxylic acids is 1. The van der Waals surface area contributed by atoms with E-state index in [0.717, 1.165) is 0 Å². The van der Waals surface area contributed by atoms with Gasteiger partial charge < -0.3 is 9.84 Å². The minimum absolute atomic E-state index is 0.00139. The van der Waals surface area contributed by atoms with Crippen LogP contribution in [-0.4, -0.2) is 23.7 Å². The highest BCUT2D eigenvalue weighted by molar-refractivity contribution is 5.92. The normalized spacial score (nSPS) is 10.3. The molecule has 0 aromatic heterocycles. The van der Waals surface area contributed by atoms with E-state index in [-0.39, 0.29) is 35.3 Å². The zero-order valence-electron chi connectivity index (χ0n) is 12.5. The first-order valence-electron chi connectivity index (χ1n) is 6.59. The minimum Gasteiger partial charge on any atom is -0.478 e. The summed E-state index contributed by atoms with van der Waals surface area (Å²) >= 11 is 0. The molecule has 0 spiro atoms. The summed E-state index contributed by atoms with van der Waals surface area (Å²) < 4.78 is 4.86. The Bertz CT molecular complexity index is 732. The molecule has 0 aliphatic rings. The molecular formula is C17H14N2O4. The maximum atomic E-state index is 11.3. The minimum atomic E-state index is -1.17. The SMILES string of the molecule is C=C(C)C(=O)OCCC(=Cc1cc(C#N)cc(C#N)c1)C(=O)O. The van der Waals surface area contributed by atoms with Crippen molar-refractivity contribution in [2.24, 2.45) is 0 Å². The first-order chi connectivity index (χ1) is 10.9. The highest BCUT2D eigenvalue weighted by Gasteiger charge is 2.10. The lowest BCUT2D eigenvalue weighted by Crippen LogP contribution is -2.09. The number of ether oxygens (including phenoxy) is 1. The van der Waals surface area contributed by atoms with Gasteiger partial charge in [-0.3, -0.25) is 0 Å². The largest absolute Gasteiger partial charge is 0.478 e. The quantitative estimate of drug-likeness (QED) is 0.638. The standard InChI is InChI=1S/C17H14N2O4/c1-11(2)17(22)23-4-3-15(16(20)21)8-12-5-13(9-18)7-14(6-12)10-19/h5-8H,1,3-4H2,2H3,(H,20,21). The highest BCUT2D eigenvalue weighted by atomic mass is 16.5. The summed E-state index contributed by atoms with van der Waals surface area (Å²) in [6, 6.07) is 8.18. The molecule has 6 heteroatoms. The molecule has 0 fully saturated rings. The van der Waals surface area contributed by atoms with Gasteiger partial charge >= 0.3 is 11.9 Å². The van der Waals surface area contributed by atoms with Gasteiger partial charge in [-0.25, -0.2) is 9.59 Å². The Morgan fingerprint density at radius 3 is 2.26 bits per heavy atom. The molecule has 6 nitrogen and oxygen atoms in total. The number of esters is 1. The fourth-order valence-electron chi connectivity index (χ4n) is 1.68. The summed E-state index contributed by atoms with van der Waals surface area (Å²) in [5.41, 5.74) is 1.16. The molecule has 0 saturated carbocycles. The van der Waals surface area contributed by atoms with E-state index >= 15 is 0 Å². The second-order valence-electron chi connectivity index (χ2n) is 4.71. The van der Waals surface area contributed by atoms with Crippen molar-refractivity contribution in [1.82, 2.24) is 0 Å². The van der Waals surface area contributed by atoms with Crippen molar-refractivity contribution in [1.29, 1.82) is 10.5 Å². The number of carboxylic acids is 1. The van der Waals surface area contributed by atoms with E-state index in [1.54, 1.807) is 0 Å². The number of hydrogen-bond donors (Lipinski definition) is 1. The van der Waals surface area contributed by atoms with Crippen LogP contribution in [0.4, 0.5) is 0 Å². The lowest BCUT2D eigenvalue weighted by atomic mass is 10.0. The Hall–Kier alpha value is -3.38. The van der Waals surface area contributed by atoms with Crippen LogP contribution in [0.25, 0.3) is 6.08 Å². The molecule has 0 aliphatic carbocycles. The van der Waals surface area contributed by atoms with Crippen molar-refractivity contribution in [3.63, 3.8) is 0 Å². The third kappa shape index (κ3) is 5.49. The predicted octanol–water partition coefficient (Wildman–Crippen LogP) is 2.41. The zero-order chi connectivity index (χ0) is 17.4. The number of nitrogens with zero attached hydrogens (tertiary/aromatic N) is 2. The first-order valence-corrected chi connectivity index (χ1v) is 6.59. The molecule has 0 bridgehead atoms. The Balaban J connectivity index is 2.98. The topological polar surface area (TPSA) is 111 Å². The smallest absolute Gasteiger partial charge is 0.333 e. The van der Waals surface area contributed by atoms with Crippen LogP contribution in [0.2, 0.25) is 0 Å². The number of nitriles is 2. The van der Waals surface area contributed by atoms with Crippen molar-refractivity contribution in [2.45, 2.75) is 13.3 Å². The van der Waals surface area contributed by atoms with Crippen LogP contribution in [0.3, 0.4) is 0 Å². The number of hydrogen-bond acceptors (Lipinski definition) is 5. The lowest BCUT2D eigenvalue weighted by molar-refractivity contribution is -0.139. The Morgan fingerprint density at radius 1 is 1.26 bits per heavy atom. The number of aliphatic carboxylic acids is 1. The molecule has 116 valence electrons. The highest BCUT2D eigenvalue weighted by Crippen LogP contribution is 2.15. The zero-order valence-corrected chi connectivity index (χ0v) is 12.5. The van der Waals surface area contributed by atoms with Crippen molar-refractivity contribution >= 4 is 18.0 Å². The summed E-state index contributed by atoms with van der Waals surface area (Å²) in [6.45, 7) is 4.82. The Kier molecular flexibility index (Phi) is 6.27. The molecule has 0 saturated heterocycles. The molecule has 0 amide bonds. The lowest BCUT2D eigenvalue weighted by Gasteiger charge is -2.06. The summed E-state index contributed by atoms with van der Waals surface area (Å²) in [6.07, 6.45) is 1.34. The maximum absolute atomic E-state index is 11.3. The summed E-state index contributed by atoms with van der Waals surface area (Å²) in [5, 5.41) is 27.0. The molecule has 1 aromatic rings. The van der Waals surface area contributed by atoms with Gasteiger partial charge in [-0.05, 0) is 36.8 Å². The Labute approximate surface area is 133 Å². The number of carboxylic acid groups (broad SMARTS) is 1. The average Bonchev–Trinajstić information content (AvgIpc) is 2.52. The van der Waals surface area contributed by atoms with Crippen molar-refractivity contribution in [2.75, 3.05) is 6.61 Å². The van der Waals surface area contributed by atoms with Gasteiger partial charge in [0.15, 0.2) is 0 Å². The van der Waals surface area contributed by atoms with Gasteiger partial charge in [-0.2, -0.15) is 10.5 Å². The van der Waals surface area contributed by atoms with Crippen LogP contribution in [0.15, 0.2) is 35.9 Å². The van der Waals surface area contributed by atoms with Gasteiger partial charge in [0.25, 0.3) is 0 Å². The van der Waals surface area contributed by atoms with E-state index in [0.29, 0.717) is 5.56 Å². The first kappa shape index (κ1) is 17.7. The number of carbonyl (C=O) groups is 2. The van der Waals surface area contributed by atoms with Crippen LogP contribution in [0.5, 0.6) is 0 Å². The Morgan fingerprint density at radius 2 is 1.83 bits per heavy atom. The van der Waals surface area contributed by atoms with Crippen molar-refractivity contribution in [3.05, 3.63) is 52.6 Å². The molecule has 0 unspecified atom stereocenters. The molecule has 23 heavy (non-hydrogen) atoms. The van der Waals surface area contributed by atoms with Gasteiger partial charge in [0.05, 0.1) is 29.9 Å². The van der Waals surface area contributed by atoms with Crippen LogP contribution < -0.4 is 0 Å². The average molecular weight is 310 g/mol. The van der Waals surface area contributed by atoms with Crippen LogP contribution >= 0.6 is 0 Å². The van der Waals surface area contributed by atoms with E-state index in [4.69, 9.17) is 15.3 Å². The van der Waals surface area contributed by atoms with Crippen molar-refractivity contribution < 1.29 is 19.4 Å². The van der Waals surface area contributed by atoms with E-state index in [9.17, 15) is 14.7 Å². The van der Waals surface area contributed by atoms with Crippen molar-refractivity contribution in [3.8, 4) is 12.1 Å². The third-order valence-electron chi connectivity index (χ3n) is 2.78. The molecule has 0 aliphatic heterocycles. The second kappa shape index (κ2) is 8.16. The van der Waals surface area contributed by atoms with Crippen LogP contribution in [0.1, 0.15) is 30.0 Å². The fourth-order valence-corrected chi connectivity index (χ4v) is 1.68. The molecule has 1 aromatic carbocycles. The third-order valence-corrected chi connectivity index (χ3v) is 2.78. The van der Waals surface area contributed by atoms with Crippen LogP contribution in [-0.2, 0) is 14.3 Å². The van der Waals surface area contributed by atoms with Gasteiger partial charge in [-0.1, -0.05) is 6.58 Å². The van der Waals surface area contributed by atoms with Gasteiger partial charge in [-0.15, -0.1) is 0 Å². The monoisotopic (exact) mass is 310 g/mol. The van der Waals surface area contributed by atoms with Crippen LogP contribution in [0, 0.1) is 22.7 Å². The molecule has 1 N–H and O–H groups in total. The number of rotatable bonds is 6. The summed E-state index contributed by atoms with van der Waals surface area (Å²) in [7, 11) is 0. The molecule has 0 atom stereocenters. The second-order valence-corrected chi connectivity index (χ2v) is 4.71. The van der Waals surface area contributed by atoms with Gasteiger partial charge in [0.1, 0.15) is 0 Å². The fraction of sp³-hybridized carbons (Fsp3) is 0.176. The maximum Gasteiger partial charge on any atom is 0.333 e. The van der Waals surface area contributed by atoms with Gasteiger partial charge in [0, 0.05) is 17.6 Å². The van der Waals surface area contributed by atoms with E-state index in [1.807, 2.05) is 12.1 Å². The van der Waals surface area contributed by atoms with E-state index in [2.05, 4.69) is 6.58 Å². The van der Waals surface area contributed by atoms with E-state index < -0.39 is 11.9 Å². The number of benzene rings is 1. The molecule has 0 heterocycles. The predicted molar refractivity (Wildman–Crippen MR) is 81.9 cm³/mol. The molecule has 1 rings (SSSR count). The molecule has 0 radical (unpaired) electrons. The molecular weight excluding hydrogens is 296 g/mol. The summed E-state index contributed by atoms with van der Waals surface area (Å²) in [4.78, 5) is 22.5.